The summed E-state index contributed by atoms with van der Waals surface area (Å²) in [5.74, 6) is 0.210. The molecule has 0 bridgehead atoms. The van der Waals surface area contributed by atoms with E-state index in [1.807, 2.05) is 25.1 Å². The fourth-order valence-electron chi connectivity index (χ4n) is 3.13. The molecule has 0 amide bonds. The van der Waals surface area contributed by atoms with Crippen LogP contribution in [0, 0.1) is 12.8 Å². The molecule has 1 aromatic rings. The lowest BCUT2D eigenvalue weighted by molar-refractivity contribution is 0.309. The number of rotatable bonds is 3. The topological polar surface area (TPSA) is 60.2 Å². The molecule has 3 atom stereocenters. The SMILES string of the molecule is Cc1cc(Cl)cc(C(N)C2CCCC(S(C)(=O)=O)C2)c1. The van der Waals surface area contributed by atoms with Crippen LogP contribution in [0.4, 0.5) is 0 Å². The maximum atomic E-state index is 11.7. The third kappa shape index (κ3) is 3.74. The summed E-state index contributed by atoms with van der Waals surface area (Å²) in [6.07, 6.45) is 4.66. The van der Waals surface area contributed by atoms with E-state index in [0.717, 1.165) is 30.4 Å². The lowest BCUT2D eigenvalue weighted by atomic mass is 9.81. The minimum absolute atomic E-state index is 0.142. The first kappa shape index (κ1) is 15.8. The fraction of sp³-hybridized carbons (Fsp3) is 0.600. The molecule has 1 aliphatic rings. The first-order valence-corrected chi connectivity index (χ1v) is 9.32. The second-order valence-electron chi connectivity index (χ2n) is 5.97. The van der Waals surface area contributed by atoms with Gasteiger partial charge in [-0.2, -0.15) is 0 Å². The molecule has 0 heterocycles. The van der Waals surface area contributed by atoms with Gasteiger partial charge in [-0.25, -0.2) is 8.42 Å². The van der Waals surface area contributed by atoms with Crippen molar-refractivity contribution in [2.24, 2.45) is 11.7 Å². The van der Waals surface area contributed by atoms with Crippen molar-refractivity contribution in [2.75, 3.05) is 6.26 Å². The highest BCUT2D eigenvalue weighted by Crippen LogP contribution is 2.36. The average Bonchev–Trinajstić information content (AvgIpc) is 2.36. The van der Waals surface area contributed by atoms with E-state index in [1.54, 1.807) is 0 Å². The summed E-state index contributed by atoms with van der Waals surface area (Å²) in [6.45, 7) is 1.99. The van der Waals surface area contributed by atoms with E-state index in [9.17, 15) is 8.42 Å². The van der Waals surface area contributed by atoms with Crippen molar-refractivity contribution in [1.82, 2.24) is 0 Å². The molecule has 2 rings (SSSR count). The van der Waals surface area contributed by atoms with Gasteiger partial charge < -0.3 is 5.73 Å². The fourth-order valence-corrected chi connectivity index (χ4v) is 4.62. The first-order valence-electron chi connectivity index (χ1n) is 6.99. The van der Waals surface area contributed by atoms with Crippen LogP contribution in [0.15, 0.2) is 18.2 Å². The molecule has 0 aliphatic heterocycles. The molecule has 3 nitrogen and oxygen atoms in total. The molecule has 20 heavy (non-hydrogen) atoms. The maximum absolute atomic E-state index is 11.7. The van der Waals surface area contributed by atoms with Crippen molar-refractivity contribution in [3.8, 4) is 0 Å². The summed E-state index contributed by atoms with van der Waals surface area (Å²) in [5, 5.41) is 0.443. The predicted octanol–water partition coefficient (Wildman–Crippen LogP) is 3.25. The zero-order valence-electron chi connectivity index (χ0n) is 12.0. The van der Waals surface area contributed by atoms with Crippen LogP contribution in [0.5, 0.6) is 0 Å². The van der Waals surface area contributed by atoms with Gasteiger partial charge >= 0.3 is 0 Å². The van der Waals surface area contributed by atoms with Crippen molar-refractivity contribution >= 4 is 21.4 Å². The van der Waals surface area contributed by atoms with Gasteiger partial charge in [-0.05, 0) is 55.4 Å². The van der Waals surface area contributed by atoms with Crippen LogP contribution in [-0.2, 0) is 9.84 Å². The lowest BCUT2D eigenvalue weighted by Gasteiger charge is -2.32. The normalized spacial score (nSPS) is 25.4. The Bertz CT molecular complexity index is 565. The van der Waals surface area contributed by atoms with Crippen LogP contribution >= 0.6 is 11.6 Å². The van der Waals surface area contributed by atoms with Gasteiger partial charge in [0.1, 0.15) is 9.84 Å². The Labute approximate surface area is 126 Å². The number of hydrogen-bond donors (Lipinski definition) is 1. The number of aryl methyl sites for hydroxylation is 1. The Balaban J connectivity index is 2.18. The number of sulfone groups is 1. The summed E-state index contributed by atoms with van der Waals surface area (Å²) in [7, 11) is -2.97. The van der Waals surface area contributed by atoms with E-state index >= 15 is 0 Å². The number of benzene rings is 1. The largest absolute Gasteiger partial charge is 0.324 e. The average molecular weight is 316 g/mol. The highest BCUT2D eigenvalue weighted by atomic mass is 35.5. The van der Waals surface area contributed by atoms with E-state index < -0.39 is 9.84 Å². The van der Waals surface area contributed by atoms with Gasteiger partial charge in [0.05, 0.1) is 5.25 Å². The van der Waals surface area contributed by atoms with E-state index in [-0.39, 0.29) is 17.2 Å². The zero-order chi connectivity index (χ0) is 14.9. The number of nitrogens with two attached hydrogens (primary N) is 1. The summed E-state index contributed by atoms with van der Waals surface area (Å²) >= 11 is 6.08. The molecule has 0 aromatic heterocycles. The highest BCUT2D eigenvalue weighted by Gasteiger charge is 2.32. The van der Waals surface area contributed by atoms with E-state index in [1.165, 1.54) is 6.26 Å². The molecule has 5 heteroatoms. The second-order valence-corrected chi connectivity index (χ2v) is 8.73. The summed E-state index contributed by atoms with van der Waals surface area (Å²) in [4.78, 5) is 0. The maximum Gasteiger partial charge on any atom is 0.150 e. The summed E-state index contributed by atoms with van der Waals surface area (Å²) in [6, 6.07) is 5.69. The molecule has 1 saturated carbocycles. The van der Waals surface area contributed by atoms with Gasteiger partial charge in [-0.1, -0.05) is 24.1 Å². The molecular weight excluding hydrogens is 294 g/mol. The zero-order valence-corrected chi connectivity index (χ0v) is 13.5. The molecule has 112 valence electrons. The third-order valence-electron chi connectivity index (χ3n) is 4.23. The number of halogens is 1. The van der Waals surface area contributed by atoms with Crippen LogP contribution in [0.1, 0.15) is 42.9 Å². The standard InChI is InChI=1S/C15H22ClNO2S/c1-10-6-12(8-13(16)7-10)15(17)11-4-3-5-14(9-11)20(2,18)19/h6-8,11,14-15H,3-5,9,17H2,1-2H3. The van der Waals surface area contributed by atoms with E-state index in [4.69, 9.17) is 17.3 Å². The van der Waals surface area contributed by atoms with E-state index in [2.05, 4.69) is 0 Å². The quantitative estimate of drug-likeness (QED) is 0.931. The monoisotopic (exact) mass is 315 g/mol. The van der Waals surface area contributed by atoms with Crippen LogP contribution in [0.3, 0.4) is 0 Å². The smallest absolute Gasteiger partial charge is 0.150 e. The Morgan fingerprint density at radius 1 is 1.30 bits per heavy atom. The minimum Gasteiger partial charge on any atom is -0.324 e. The Morgan fingerprint density at radius 2 is 2.00 bits per heavy atom. The van der Waals surface area contributed by atoms with Crippen LogP contribution in [0.2, 0.25) is 5.02 Å². The third-order valence-corrected chi connectivity index (χ3v) is 6.09. The highest BCUT2D eigenvalue weighted by molar-refractivity contribution is 7.91. The van der Waals surface area contributed by atoms with Gasteiger partial charge in [-0.3, -0.25) is 0 Å². The molecule has 1 aromatic carbocycles. The Morgan fingerprint density at radius 3 is 2.60 bits per heavy atom. The minimum atomic E-state index is -2.97. The van der Waals surface area contributed by atoms with E-state index in [0.29, 0.717) is 11.4 Å². The predicted molar refractivity (Wildman–Crippen MR) is 83.7 cm³/mol. The summed E-state index contributed by atoms with van der Waals surface area (Å²) < 4.78 is 23.5. The molecular formula is C15H22ClNO2S. The first-order chi connectivity index (χ1) is 9.27. The Kier molecular flexibility index (Phi) is 4.77. The molecule has 0 spiro atoms. The van der Waals surface area contributed by atoms with Crippen LogP contribution in [-0.4, -0.2) is 19.9 Å². The van der Waals surface area contributed by atoms with Gasteiger partial charge in [0, 0.05) is 17.3 Å². The van der Waals surface area contributed by atoms with Gasteiger partial charge in [0.2, 0.25) is 0 Å². The molecule has 1 aliphatic carbocycles. The lowest BCUT2D eigenvalue weighted by Crippen LogP contribution is -2.33. The summed E-state index contributed by atoms with van der Waals surface area (Å²) in [5.41, 5.74) is 8.45. The molecule has 1 fully saturated rings. The Hall–Kier alpha value is -0.580. The van der Waals surface area contributed by atoms with Gasteiger partial charge in [0.25, 0.3) is 0 Å². The van der Waals surface area contributed by atoms with Crippen molar-refractivity contribution in [1.29, 1.82) is 0 Å². The van der Waals surface area contributed by atoms with Crippen molar-refractivity contribution in [3.63, 3.8) is 0 Å². The van der Waals surface area contributed by atoms with Crippen LogP contribution in [0.25, 0.3) is 0 Å². The van der Waals surface area contributed by atoms with Crippen LogP contribution < -0.4 is 5.73 Å². The van der Waals surface area contributed by atoms with Crippen molar-refractivity contribution in [3.05, 3.63) is 34.3 Å². The molecule has 0 saturated heterocycles. The van der Waals surface area contributed by atoms with Crippen molar-refractivity contribution < 1.29 is 8.42 Å². The van der Waals surface area contributed by atoms with Gasteiger partial charge in [-0.15, -0.1) is 0 Å². The molecule has 0 radical (unpaired) electrons. The molecule has 3 unspecified atom stereocenters. The number of hydrogen-bond acceptors (Lipinski definition) is 3. The van der Waals surface area contributed by atoms with Gasteiger partial charge in [0.15, 0.2) is 0 Å². The second kappa shape index (κ2) is 6.04. The van der Waals surface area contributed by atoms with Crippen molar-refractivity contribution in [2.45, 2.75) is 43.9 Å². The molecule has 2 N–H and O–H groups in total.